The van der Waals surface area contributed by atoms with E-state index in [1.807, 2.05) is 23.1 Å². The summed E-state index contributed by atoms with van der Waals surface area (Å²) in [5.41, 5.74) is 2.13. The number of nitrogens with zero attached hydrogens (tertiary/aromatic N) is 2. The molecule has 1 fully saturated rings. The molecule has 0 unspecified atom stereocenters. The van der Waals surface area contributed by atoms with Gasteiger partial charge < -0.3 is 14.5 Å². The van der Waals surface area contributed by atoms with Gasteiger partial charge in [0.1, 0.15) is 0 Å². The summed E-state index contributed by atoms with van der Waals surface area (Å²) < 4.78 is 4.76. The normalized spacial score (nSPS) is 14.3. The number of anilines is 1. The van der Waals surface area contributed by atoms with Gasteiger partial charge >= 0.3 is 5.97 Å². The van der Waals surface area contributed by atoms with E-state index in [4.69, 9.17) is 16.3 Å². The number of hydrogen-bond acceptors (Lipinski definition) is 4. The first kappa shape index (κ1) is 17.3. The first-order valence-corrected chi connectivity index (χ1v) is 8.44. The van der Waals surface area contributed by atoms with Crippen molar-refractivity contribution in [3.05, 3.63) is 64.7 Å². The standard InChI is InChI=1S/C19H19ClN2O3/c1-25-19(24)15-3-2-4-17(13-15)21-9-11-22(12-10-21)18(23)14-5-7-16(20)8-6-14/h2-8,13H,9-12H2,1H3. The summed E-state index contributed by atoms with van der Waals surface area (Å²) in [6.07, 6.45) is 0. The van der Waals surface area contributed by atoms with Crippen LogP contribution in [-0.2, 0) is 4.74 Å². The Hall–Kier alpha value is -2.53. The molecule has 130 valence electrons. The van der Waals surface area contributed by atoms with Crippen LogP contribution in [0, 0.1) is 0 Å². The van der Waals surface area contributed by atoms with Crippen molar-refractivity contribution < 1.29 is 14.3 Å². The number of piperazine rings is 1. The van der Waals surface area contributed by atoms with Crippen LogP contribution in [0.3, 0.4) is 0 Å². The molecule has 0 radical (unpaired) electrons. The largest absolute Gasteiger partial charge is 0.465 e. The Morgan fingerprint density at radius 1 is 0.960 bits per heavy atom. The zero-order valence-corrected chi connectivity index (χ0v) is 14.7. The van der Waals surface area contributed by atoms with Gasteiger partial charge in [0.2, 0.25) is 0 Å². The summed E-state index contributed by atoms with van der Waals surface area (Å²) in [6.45, 7) is 2.68. The second kappa shape index (κ2) is 7.57. The van der Waals surface area contributed by atoms with E-state index in [-0.39, 0.29) is 11.9 Å². The molecule has 0 aromatic heterocycles. The molecule has 6 heteroatoms. The van der Waals surface area contributed by atoms with Gasteiger partial charge in [0.25, 0.3) is 5.91 Å². The number of hydrogen-bond donors (Lipinski definition) is 0. The summed E-state index contributed by atoms with van der Waals surface area (Å²) in [5.74, 6) is -0.335. The molecule has 0 saturated carbocycles. The fraction of sp³-hybridized carbons (Fsp3) is 0.263. The summed E-state index contributed by atoms with van der Waals surface area (Å²) in [6, 6.07) is 14.3. The van der Waals surface area contributed by atoms with Gasteiger partial charge in [0.05, 0.1) is 12.7 Å². The minimum atomic E-state index is -0.349. The topological polar surface area (TPSA) is 49.9 Å². The van der Waals surface area contributed by atoms with E-state index >= 15 is 0 Å². The summed E-state index contributed by atoms with van der Waals surface area (Å²) in [4.78, 5) is 28.2. The van der Waals surface area contributed by atoms with Crippen LogP contribution in [0.5, 0.6) is 0 Å². The van der Waals surface area contributed by atoms with Gasteiger partial charge in [-0.3, -0.25) is 4.79 Å². The average Bonchev–Trinajstić information content (AvgIpc) is 2.67. The third-order valence-corrected chi connectivity index (χ3v) is 4.54. The molecule has 0 bridgehead atoms. The number of rotatable bonds is 3. The molecule has 2 aromatic carbocycles. The molecule has 5 nitrogen and oxygen atoms in total. The number of methoxy groups -OCH3 is 1. The maximum atomic E-state index is 12.5. The van der Waals surface area contributed by atoms with Crippen LogP contribution in [0.1, 0.15) is 20.7 Å². The molecule has 1 amide bonds. The number of carbonyl (C=O) groups is 2. The minimum Gasteiger partial charge on any atom is -0.465 e. The number of halogens is 1. The number of amides is 1. The van der Waals surface area contributed by atoms with E-state index < -0.39 is 0 Å². The first-order chi connectivity index (χ1) is 12.1. The van der Waals surface area contributed by atoms with Crippen LogP contribution < -0.4 is 4.90 Å². The predicted octanol–water partition coefficient (Wildman–Crippen LogP) is 3.09. The van der Waals surface area contributed by atoms with Gasteiger partial charge in [-0.2, -0.15) is 0 Å². The molecule has 0 spiro atoms. The van der Waals surface area contributed by atoms with Gasteiger partial charge in [0.15, 0.2) is 0 Å². The van der Waals surface area contributed by atoms with Crippen molar-refractivity contribution in [1.29, 1.82) is 0 Å². The summed E-state index contributed by atoms with van der Waals surface area (Å²) >= 11 is 5.87. The smallest absolute Gasteiger partial charge is 0.337 e. The van der Waals surface area contributed by atoms with Crippen molar-refractivity contribution in [1.82, 2.24) is 4.90 Å². The Kier molecular flexibility index (Phi) is 5.24. The fourth-order valence-electron chi connectivity index (χ4n) is 2.89. The van der Waals surface area contributed by atoms with Gasteiger partial charge in [-0.25, -0.2) is 4.79 Å². The zero-order chi connectivity index (χ0) is 17.8. The van der Waals surface area contributed by atoms with Crippen molar-refractivity contribution in [2.24, 2.45) is 0 Å². The van der Waals surface area contributed by atoms with E-state index in [0.29, 0.717) is 42.3 Å². The lowest BCUT2D eigenvalue weighted by Crippen LogP contribution is -2.48. The Balaban J connectivity index is 1.65. The maximum absolute atomic E-state index is 12.5. The molecule has 1 aliphatic heterocycles. The highest BCUT2D eigenvalue weighted by Crippen LogP contribution is 2.20. The Morgan fingerprint density at radius 3 is 2.28 bits per heavy atom. The summed E-state index contributed by atoms with van der Waals surface area (Å²) in [5, 5.41) is 0.617. The first-order valence-electron chi connectivity index (χ1n) is 8.06. The van der Waals surface area contributed by atoms with Gasteiger partial charge in [-0.05, 0) is 42.5 Å². The van der Waals surface area contributed by atoms with E-state index in [2.05, 4.69) is 4.90 Å². The van der Waals surface area contributed by atoms with Crippen LogP contribution in [0.15, 0.2) is 48.5 Å². The molecule has 0 aliphatic carbocycles. The monoisotopic (exact) mass is 358 g/mol. The van der Waals surface area contributed by atoms with Gasteiger partial charge in [-0.15, -0.1) is 0 Å². The van der Waals surface area contributed by atoms with E-state index in [0.717, 1.165) is 5.69 Å². The molecular formula is C19H19ClN2O3. The second-order valence-electron chi connectivity index (χ2n) is 5.83. The Morgan fingerprint density at radius 2 is 1.64 bits per heavy atom. The maximum Gasteiger partial charge on any atom is 0.337 e. The van der Waals surface area contributed by atoms with Crippen LogP contribution >= 0.6 is 11.6 Å². The zero-order valence-electron chi connectivity index (χ0n) is 13.9. The van der Waals surface area contributed by atoms with Crippen molar-refractivity contribution in [2.75, 3.05) is 38.2 Å². The van der Waals surface area contributed by atoms with Crippen molar-refractivity contribution >= 4 is 29.2 Å². The highest BCUT2D eigenvalue weighted by atomic mass is 35.5. The molecule has 0 atom stereocenters. The number of benzene rings is 2. The van der Waals surface area contributed by atoms with Crippen molar-refractivity contribution in [3.63, 3.8) is 0 Å². The lowest BCUT2D eigenvalue weighted by atomic mass is 10.1. The molecule has 25 heavy (non-hydrogen) atoms. The minimum absolute atomic E-state index is 0.0135. The summed E-state index contributed by atoms with van der Waals surface area (Å²) in [7, 11) is 1.37. The predicted molar refractivity (Wildman–Crippen MR) is 97.4 cm³/mol. The van der Waals surface area contributed by atoms with Crippen LogP contribution in [-0.4, -0.2) is 50.1 Å². The van der Waals surface area contributed by atoms with Crippen molar-refractivity contribution in [2.45, 2.75) is 0 Å². The second-order valence-corrected chi connectivity index (χ2v) is 6.26. The van der Waals surface area contributed by atoms with Crippen LogP contribution in [0.2, 0.25) is 5.02 Å². The molecule has 1 heterocycles. The lowest BCUT2D eigenvalue weighted by Gasteiger charge is -2.36. The lowest BCUT2D eigenvalue weighted by molar-refractivity contribution is 0.0600. The molecule has 0 N–H and O–H groups in total. The van der Waals surface area contributed by atoms with E-state index in [1.165, 1.54) is 7.11 Å². The molecule has 1 saturated heterocycles. The Labute approximate surface area is 151 Å². The SMILES string of the molecule is COC(=O)c1cccc(N2CCN(C(=O)c3ccc(Cl)cc3)CC2)c1. The molecular weight excluding hydrogens is 340 g/mol. The van der Waals surface area contributed by atoms with Crippen molar-refractivity contribution in [3.8, 4) is 0 Å². The quantitative estimate of drug-likeness (QED) is 0.791. The number of esters is 1. The third-order valence-electron chi connectivity index (χ3n) is 4.29. The average molecular weight is 359 g/mol. The highest BCUT2D eigenvalue weighted by Gasteiger charge is 2.22. The number of carbonyl (C=O) groups excluding carboxylic acids is 2. The molecule has 1 aliphatic rings. The molecule has 3 rings (SSSR count). The van der Waals surface area contributed by atoms with E-state index in [1.54, 1.807) is 30.3 Å². The fourth-order valence-corrected chi connectivity index (χ4v) is 3.02. The van der Waals surface area contributed by atoms with Gasteiger partial charge in [-0.1, -0.05) is 17.7 Å². The van der Waals surface area contributed by atoms with E-state index in [9.17, 15) is 9.59 Å². The van der Waals surface area contributed by atoms with Crippen LogP contribution in [0.25, 0.3) is 0 Å². The van der Waals surface area contributed by atoms with Crippen LogP contribution in [0.4, 0.5) is 5.69 Å². The highest BCUT2D eigenvalue weighted by molar-refractivity contribution is 6.30. The Bertz CT molecular complexity index is 768. The van der Waals surface area contributed by atoms with Gasteiger partial charge in [0, 0.05) is 42.5 Å². The number of ether oxygens (including phenoxy) is 1. The third kappa shape index (κ3) is 3.94. The molecule has 2 aromatic rings.